The highest BCUT2D eigenvalue weighted by atomic mass is 16.5. The predicted octanol–water partition coefficient (Wildman–Crippen LogP) is 4.15. The van der Waals surface area contributed by atoms with Crippen LogP contribution in [0.5, 0.6) is 11.5 Å². The van der Waals surface area contributed by atoms with Crippen molar-refractivity contribution in [2.75, 3.05) is 13.7 Å². The lowest BCUT2D eigenvalue weighted by Gasteiger charge is -2.35. The van der Waals surface area contributed by atoms with E-state index in [1.54, 1.807) is 13.2 Å². The molecule has 166 valence electrons. The van der Waals surface area contributed by atoms with Crippen molar-refractivity contribution in [3.8, 4) is 11.5 Å². The van der Waals surface area contributed by atoms with Crippen molar-refractivity contribution in [2.24, 2.45) is 5.73 Å². The van der Waals surface area contributed by atoms with Crippen LogP contribution in [0.1, 0.15) is 59.2 Å². The van der Waals surface area contributed by atoms with Gasteiger partial charge in [-0.1, -0.05) is 42.5 Å². The second-order valence-corrected chi connectivity index (χ2v) is 8.34. The van der Waals surface area contributed by atoms with Gasteiger partial charge in [0.1, 0.15) is 0 Å². The van der Waals surface area contributed by atoms with E-state index in [9.17, 15) is 9.59 Å². The van der Waals surface area contributed by atoms with Crippen molar-refractivity contribution >= 4 is 11.8 Å². The predicted molar refractivity (Wildman–Crippen MR) is 120 cm³/mol. The highest BCUT2D eigenvalue weighted by Crippen LogP contribution is 2.31. The van der Waals surface area contributed by atoms with Crippen molar-refractivity contribution < 1.29 is 19.1 Å². The smallest absolute Gasteiger partial charge is 0.255 e. The first-order chi connectivity index (χ1) is 14.9. The Morgan fingerprint density at radius 3 is 2.29 bits per heavy atom. The molecule has 2 amide bonds. The second kappa shape index (κ2) is 10.3. The van der Waals surface area contributed by atoms with Gasteiger partial charge in [0.15, 0.2) is 18.1 Å². The lowest BCUT2D eigenvalue weighted by atomic mass is 9.93. The third kappa shape index (κ3) is 6.00. The van der Waals surface area contributed by atoms with E-state index in [-0.39, 0.29) is 18.6 Å². The zero-order chi connectivity index (χ0) is 22.4. The van der Waals surface area contributed by atoms with E-state index in [1.807, 2.05) is 43.0 Å². The van der Waals surface area contributed by atoms with E-state index < -0.39 is 5.91 Å². The largest absolute Gasteiger partial charge is 0.493 e. The summed E-state index contributed by atoms with van der Waals surface area (Å²) in [6.07, 6.45) is 5.55. The maximum atomic E-state index is 13.6. The van der Waals surface area contributed by atoms with Gasteiger partial charge in [0.05, 0.1) is 7.11 Å². The number of nitrogens with two attached hydrogens (primary N) is 1. The molecule has 1 fully saturated rings. The Morgan fingerprint density at radius 2 is 1.68 bits per heavy atom. The Kier molecular flexibility index (Phi) is 7.55. The Bertz CT molecular complexity index is 915. The Morgan fingerprint density at radius 1 is 1.00 bits per heavy atom. The molecule has 0 aliphatic heterocycles. The van der Waals surface area contributed by atoms with Crippen LogP contribution in [0.25, 0.3) is 0 Å². The molecule has 6 nitrogen and oxygen atoms in total. The first kappa shape index (κ1) is 22.7. The first-order valence-corrected chi connectivity index (χ1v) is 10.8. The number of rotatable bonds is 8. The summed E-state index contributed by atoms with van der Waals surface area (Å²) in [5.41, 5.74) is 9.03. The molecular weight excluding hydrogens is 392 g/mol. The molecule has 2 aromatic rings. The Hall–Kier alpha value is -3.02. The van der Waals surface area contributed by atoms with Gasteiger partial charge in [-0.25, -0.2) is 0 Å². The molecule has 1 aliphatic carbocycles. The van der Waals surface area contributed by atoms with E-state index >= 15 is 0 Å². The molecule has 0 saturated heterocycles. The minimum Gasteiger partial charge on any atom is -0.493 e. The number of aryl methyl sites for hydroxylation is 2. The van der Waals surface area contributed by atoms with E-state index in [2.05, 4.69) is 6.07 Å². The van der Waals surface area contributed by atoms with Crippen LogP contribution in [-0.2, 0) is 11.3 Å². The highest BCUT2D eigenvalue weighted by Gasteiger charge is 2.27. The normalized spacial score (nSPS) is 14.2. The zero-order valence-corrected chi connectivity index (χ0v) is 18.6. The molecule has 6 heteroatoms. The summed E-state index contributed by atoms with van der Waals surface area (Å²) in [6.45, 7) is 4.31. The van der Waals surface area contributed by atoms with Gasteiger partial charge < -0.3 is 20.1 Å². The SMILES string of the molecule is COc1cc(CN(C(=O)c2cc(C)cc(C)c2)C2CCCCC2)ccc1OCC(N)=O. The van der Waals surface area contributed by atoms with Gasteiger partial charge in [0.2, 0.25) is 0 Å². The molecule has 0 unspecified atom stereocenters. The average molecular weight is 425 g/mol. The van der Waals surface area contributed by atoms with Crippen LogP contribution >= 0.6 is 0 Å². The molecule has 0 aromatic heterocycles. The standard InChI is InChI=1S/C25H32N2O4/c1-17-11-18(2)13-20(12-17)25(29)27(21-7-5-4-6-8-21)15-19-9-10-22(23(14-19)30-3)31-16-24(26)28/h9-14,21H,4-8,15-16H2,1-3H3,(H2,26,28). The molecule has 0 bridgehead atoms. The van der Waals surface area contributed by atoms with E-state index in [0.717, 1.165) is 47.9 Å². The molecular formula is C25H32N2O4. The lowest BCUT2D eigenvalue weighted by molar-refractivity contribution is -0.119. The molecule has 1 aliphatic rings. The van der Waals surface area contributed by atoms with Crippen LogP contribution in [0, 0.1) is 13.8 Å². The minimum absolute atomic E-state index is 0.0618. The highest BCUT2D eigenvalue weighted by molar-refractivity contribution is 5.94. The summed E-state index contributed by atoms with van der Waals surface area (Å²) in [4.78, 5) is 26.6. The fourth-order valence-electron chi connectivity index (χ4n) is 4.30. The minimum atomic E-state index is -0.548. The number of ether oxygens (including phenoxy) is 2. The van der Waals surface area contributed by atoms with Crippen LogP contribution in [-0.4, -0.2) is 36.5 Å². The van der Waals surface area contributed by atoms with Crippen LogP contribution in [0.2, 0.25) is 0 Å². The first-order valence-electron chi connectivity index (χ1n) is 10.8. The monoisotopic (exact) mass is 424 g/mol. The van der Waals surface area contributed by atoms with Crippen LogP contribution in [0.4, 0.5) is 0 Å². The third-order valence-electron chi connectivity index (χ3n) is 5.70. The number of methoxy groups -OCH3 is 1. The van der Waals surface area contributed by atoms with Crippen molar-refractivity contribution in [1.82, 2.24) is 4.90 Å². The summed E-state index contributed by atoms with van der Waals surface area (Å²) in [6, 6.07) is 11.8. The van der Waals surface area contributed by atoms with Crippen LogP contribution < -0.4 is 15.2 Å². The number of hydrogen-bond donors (Lipinski definition) is 1. The van der Waals surface area contributed by atoms with Crippen molar-refractivity contribution in [3.63, 3.8) is 0 Å². The maximum Gasteiger partial charge on any atom is 0.255 e. The van der Waals surface area contributed by atoms with Crippen molar-refractivity contribution in [2.45, 2.75) is 58.5 Å². The average Bonchev–Trinajstić information content (AvgIpc) is 2.75. The van der Waals surface area contributed by atoms with Crippen molar-refractivity contribution in [1.29, 1.82) is 0 Å². The van der Waals surface area contributed by atoms with Gasteiger partial charge in [-0.3, -0.25) is 9.59 Å². The Labute approximate surface area is 184 Å². The molecule has 0 heterocycles. The van der Waals surface area contributed by atoms with Gasteiger partial charge in [-0.05, 0) is 56.5 Å². The molecule has 3 rings (SSSR count). The van der Waals surface area contributed by atoms with Gasteiger partial charge in [-0.15, -0.1) is 0 Å². The number of carbonyl (C=O) groups is 2. The van der Waals surface area contributed by atoms with Gasteiger partial charge in [0.25, 0.3) is 11.8 Å². The number of carbonyl (C=O) groups excluding carboxylic acids is 2. The molecule has 0 atom stereocenters. The molecule has 0 radical (unpaired) electrons. The van der Waals surface area contributed by atoms with Crippen LogP contribution in [0.15, 0.2) is 36.4 Å². The Balaban J connectivity index is 1.87. The van der Waals surface area contributed by atoms with Crippen molar-refractivity contribution in [3.05, 3.63) is 58.7 Å². The second-order valence-electron chi connectivity index (χ2n) is 8.34. The topological polar surface area (TPSA) is 81.9 Å². The lowest BCUT2D eigenvalue weighted by Crippen LogP contribution is -2.41. The summed E-state index contributed by atoms with van der Waals surface area (Å²) in [5.74, 6) is 0.483. The number of amides is 2. The van der Waals surface area contributed by atoms with E-state index in [4.69, 9.17) is 15.2 Å². The maximum absolute atomic E-state index is 13.6. The fourth-order valence-corrected chi connectivity index (χ4v) is 4.30. The molecule has 2 aromatic carbocycles. The van der Waals surface area contributed by atoms with Gasteiger partial charge in [-0.2, -0.15) is 0 Å². The summed E-state index contributed by atoms with van der Waals surface area (Å²) >= 11 is 0. The quantitative estimate of drug-likeness (QED) is 0.690. The number of hydrogen-bond acceptors (Lipinski definition) is 4. The zero-order valence-electron chi connectivity index (χ0n) is 18.6. The number of nitrogens with zero attached hydrogens (tertiary/aromatic N) is 1. The molecule has 2 N–H and O–H groups in total. The fraction of sp³-hybridized carbons (Fsp3) is 0.440. The molecule has 0 spiro atoms. The van der Waals surface area contributed by atoms with Gasteiger partial charge >= 0.3 is 0 Å². The molecule has 31 heavy (non-hydrogen) atoms. The summed E-state index contributed by atoms with van der Waals surface area (Å²) in [7, 11) is 1.55. The van der Waals surface area contributed by atoms with E-state index in [1.165, 1.54) is 6.42 Å². The third-order valence-corrected chi connectivity index (χ3v) is 5.70. The number of benzene rings is 2. The summed E-state index contributed by atoms with van der Waals surface area (Å²) in [5, 5.41) is 0. The van der Waals surface area contributed by atoms with Gasteiger partial charge in [0, 0.05) is 18.2 Å². The van der Waals surface area contributed by atoms with E-state index in [0.29, 0.717) is 18.0 Å². The summed E-state index contributed by atoms with van der Waals surface area (Å²) < 4.78 is 10.9. The number of primary amides is 1. The van der Waals surface area contributed by atoms with Crippen LogP contribution in [0.3, 0.4) is 0 Å². The molecule has 1 saturated carbocycles.